The number of aliphatic hydroxyl groups is 1. The molecule has 4 rings (SSSR count). The quantitative estimate of drug-likeness (QED) is 0.759. The van der Waals surface area contributed by atoms with Crippen LogP contribution in [0.15, 0.2) is 33.3 Å². The third-order valence-corrected chi connectivity index (χ3v) is 4.56. The molecule has 0 radical (unpaired) electrons. The van der Waals surface area contributed by atoms with Gasteiger partial charge in [-0.25, -0.2) is 9.97 Å². The number of aliphatic hydroxyl groups excluding tert-OH is 1. The van der Waals surface area contributed by atoms with Crippen molar-refractivity contribution in [3.05, 3.63) is 34.7 Å². The molecule has 0 unspecified atom stereocenters. The van der Waals surface area contributed by atoms with E-state index in [2.05, 4.69) is 30.8 Å². The van der Waals surface area contributed by atoms with Gasteiger partial charge in [0.15, 0.2) is 5.58 Å². The number of likely N-dealkylation sites (tertiary alicyclic amines) is 1. The van der Waals surface area contributed by atoms with Crippen LogP contribution in [0.4, 0.5) is 0 Å². The average molecular weight is 362 g/mol. The molecule has 1 saturated heterocycles. The lowest BCUT2D eigenvalue weighted by atomic mass is 10.1. The molecule has 0 aliphatic carbocycles. The number of hydrogen-bond acceptors (Lipinski definition) is 5. The van der Waals surface area contributed by atoms with Crippen molar-refractivity contribution < 1.29 is 9.52 Å². The molecule has 3 heterocycles. The van der Waals surface area contributed by atoms with Crippen molar-refractivity contribution in [3.8, 4) is 0 Å². The Kier molecular flexibility index (Phi) is 3.60. The number of piperidine rings is 1. The Bertz CT molecular complexity index is 833. The van der Waals surface area contributed by atoms with Gasteiger partial charge >= 0.3 is 0 Å². The van der Waals surface area contributed by atoms with Crippen LogP contribution in [0.25, 0.3) is 22.1 Å². The monoisotopic (exact) mass is 361 g/mol. The van der Waals surface area contributed by atoms with Crippen molar-refractivity contribution in [1.29, 1.82) is 0 Å². The van der Waals surface area contributed by atoms with E-state index in [4.69, 9.17) is 4.42 Å². The Hall–Kier alpha value is -1.50. The first-order chi connectivity index (χ1) is 10.7. The molecule has 114 valence electrons. The zero-order valence-corrected chi connectivity index (χ0v) is 13.6. The van der Waals surface area contributed by atoms with Crippen LogP contribution in [-0.2, 0) is 6.54 Å². The fourth-order valence-electron chi connectivity index (χ4n) is 3.02. The van der Waals surface area contributed by atoms with Crippen LogP contribution in [0.3, 0.4) is 0 Å². The van der Waals surface area contributed by atoms with Gasteiger partial charge in [-0.15, -0.1) is 0 Å². The molecule has 0 saturated carbocycles. The Morgan fingerprint density at radius 3 is 3.14 bits per heavy atom. The summed E-state index contributed by atoms with van der Waals surface area (Å²) in [7, 11) is 0. The summed E-state index contributed by atoms with van der Waals surface area (Å²) in [6, 6.07) is 5.90. The van der Waals surface area contributed by atoms with Gasteiger partial charge in [0.1, 0.15) is 16.9 Å². The van der Waals surface area contributed by atoms with Gasteiger partial charge in [-0.3, -0.25) is 4.90 Å². The molecule has 5 nitrogen and oxygen atoms in total. The second-order valence-electron chi connectivity index (χ2n) is 5.77. The highest BCUT2D eigenvalue weighted by atomic mass is 79.9. The van der Waals surface area contributed by atoms with Crippen LogP contribution < -0.4 is 0 Å². The van der Waals surface area contributed by atoms with Gasteiger partial charge in [0.05, 0.1) is 18.8 Å². The molecule has 0 amide bonds. The van der Waals surface area contributed by atoms with E-state index in [1.54, 1.807) is 6.20 Å². The van der Waals surface area contributed by atoms with E-state index in [-0.39, 0.29) is 6.10 Å². The predicted molar refractivity (Wildman–Crippen MR) is 87.5 cm³/mol. The summed E-state index contributed by atoms with van der Waals surface area (Å²) in [5.74, 6) is 0.768. The number of hydrogen-bond donors (Lipinski definition) is 1. The van der Waals surface area contributed by atoms with E-state index in [0.717, 1.165) is 46.2 Å². The van der Waals surface area contributed by atoms with Crippen LogP contribution in [0, 0.1) is 0 Å². The fourth-order valence-corrected chi connectivity index (χ4v) is 3.38. The minimum Gasteiger partial charge on any atom is -0.453 e. The van der Waals surface area contributed by atoms with Crippen LogP contribution in [0.5, 0.6) is 0 Å². The summed E-state index contributed by atoms with van der Waals surface area (Å²) in [5.41, 5.74) is 2.37. The first-order valence-electron chi connectivity index (χ1n) is 7.43. The fraction of sp³-hybridized carbons (Fsp3) is 0.375. The summed E-state index contributed by atoms with van der Waals surface area (Å²) < 4.78 is 6.77. The van der Waals surface area contributed by atoms with Gasteiger partial charge in [0.2, 0.25) is 0 Å². The molecule has 1 aliphatic rings. The van der Waals surface area contributed by atoms with Crippen molar-refractivity contribution in [1.82, 2.24) is 14.9 Å². The van der Waals surface area contributed by atoms with Gasteiger partial charge in [-0.05, 0) is 37.6 Å². The molecule has 1 atom stereocenters. The normalized spacial score (nSPS) is 20.0. The van der Waals surface area contributed by atoms with Crippen LogP contribution in [0.2, 0.25) is 0 Å². The lowest BCUT2D eigenvalue weighted by molar-refractivity contribution is 0.0655. The van der Waals surface area contributed by atoms with E-state index >= 15 is 0 Å². The summed E-state index contributed by atoms with van der Waals surface area (Å²) in [5, 5.41) is 10.8. The molecule has 3 aromatic rings. The SMILES string of the molecule is O[C@H]1CCCN(Cc2ncc3oc4ccc(Br)cc4c3n2)C1. The Morgan fingerprint density at radius 1 is 1.36 bits per heavy atom. The molecule has 1 aromatic carbocycles. The standard InChI is InChI=1S/C16H16BrN3O2/c17-10-3-4-13-12(6-10)16-14(22-13)7-18-15(19-16)9-20-5-1-2-11(21)8-20/h3-4,6-7,11,21H,1-2,5,8-9H2/t11-/m0/s1. The maximum atomic E-state index is 9.77. The van der Waals surface area contributed by atoms with Gasteiger partial charge in [0.25, 0.3) is 0 Å². The number of furan rings is 1. The number of aromatic nitrogens is 2. The number of benzene rings is 1. The first kappa shape index (κ1) is 14.1. The van der Waals surface area contributed by atoms with E-state index in [0.29, 0.717) is 18.7 Å². The summed E-state index contributed by atoms with van der Waals surface area (Å²) in [6.45, 7) is 2.34. The first-order valence-corrected chi connectivity index (χ1v) is 8.22. The maximum absolute atomic E-state index is 9.77. The van der Waals surface area contributed by atoms with Gasteiger partial charge in [0, 0.05) is 16.4 Å². The Morgan fingerprint density at radius 2 is 2.27 bits per heavy atom. The number of β-amino-alcohol motifs (C(OH)–C–C–N with tert-alkyl or cyclic N) is 1. The number of halogens is 1. The smallest absolute Gasteiger partial charge is 0.172 e. The van der Waals surface area contributed by atoms with Crippen LogP contribution in [0.1, 0.15) is 18.7 Å². The summed E-state index contributed by atoms with van der Waals surface area (Å²) in [6.07, 6.45) is 3.41. The minimum atomic E-state index is -0.233. The highest BCUT2D eigenvalue weighted by Crippen LogP contribution is 2.29. The molecule has 2 aromatic heterocycles. The van der Waals surface area contributed by atoms with Crippen LogP contribution >= 0.6 is 15.9 Å². The van der Waals surface area contributed by atoms with Crippen LogP contribution in [-0.4, -0.2) is 39.2 Å². The van der Waals surface area contributed by atoms with E-state index in [1.165, 1.54) is 0 Å². The van der Waals surface area contributed by atoms with Crippen molar-refractivity contribution >= 4 is 38.0 Å². The molecule has 1 N–H and O–H groups in total. The molecule has 0 spiro atoms. The molecule has 0 bridgehead atoms. The number of fused-ring (bicyclic) bond motifs is 3. The van der Waals surface area contributed by atoms with E-state index < -0.39 is 0 Å². The number of rotatable bonds is 2. The van der Waals surface area contributed by atoms with Crippen molar-refractivity contribution in [2.45, 2.75) is 25.5 Å². The van der Waals surface area contributed by atoms with Gasteiger partial charge < -0.3 is 9.52 Å². The average Bonchev–Trinajstić information content (AvgIpc) is 2.85. The highest BCUT2D eigenvalue weighted by Gasteiger charge is 2.19. The molecule has 1 fully saturated rings. The van der Waals surface area contributed by atoms with Gasteiger partial charge in [-0.1, -0.05) is 15.9 Å². The predicted octanol–water partition coefficient (Wildman–Crippen LogP) is 3.10. The van der Waals surface area contributed by atoms with Crippen molar-refractivity contribution in [2.24, 2.45) is 0 Å². The third kappa shape index (κ3) is 2.62. The second-order valence-corrected chi connectivity index (χ2v) is 6.69. The molecule has 22 heavy (non-hydrogen) atoms. The summed E-state index contributed by atoms with van der Waals surface area (Å²) in [4.78, 5) is 11.3. The van der Waals surface area contributed by atoms with E-state index in [1.807, 2.05) is 18.2 Å². The largest absolute Gasteiger partial charge is 0.453 e. The molecular weight excluding hydrogens is 346 g/mol. The number of nitrogens with zero attached hydrogens (tertiary/aromatic N) is 3. The van der Waals surface area contributed by atoms with Crippen molar-refractivity contribution in [2.75, 3.05) is 13.1 Å². The third-order valence-electron chi connectivity index (χ3n) is 4.07. The molecule has 6 heteroatoms. The Labute approximate surface area is 136 Å². The summed E-state index contributed by atoms with van der Waals surface area (Å²) >= 11 is 3.49. The molecule has 1 aliphatic heterocycles. The zero-order chi connectivity index (χ0) is 15.1. The van der Waals surface area contributed by atoms with Crippen molar-refractivity contribution in [3.63, 3.8) is 0 Å². The highest BCUT2D eigenvalue weighted by molar-refractivity contribution is 9.10. The molecular formula is C16H16BrN3O2. The Balaban J connectivity index is 1.70. The lowest BCUT2D eigenvalue weighted by Gasteiger charge is -2.29. The lowest BCUT2D eigenvalue weighted by Crippen LogP contribution is -2.38. The van der Waals surface area contributed by atoms with Gasteiger partial charge in [-0.2, -0.15) is 0 Å². The van der Waals surface area contributed by atoms with E-state index in [9.17, 15) is 5.11 Å². The maximum Gasteiger partial charge on any atom is 0.172 e. The zero-order valence-electron chi connectivity index (χ0n) is 12.0. The minimum absolute atomic E-state index is 0.233. The topological polar surface area (TPSA) is 62.4 Å². The second kappa shape index (κ2) is 5.61.